The van der Waals surface area contributed by atoms with E-state index in [-0.39, 0.29) is 43.2 Å². The Morgan fingerprint density at radius 2 is 0.889 bits per heavy atom. The maximum Gasteiger partial charge on any atom is 0.118 e. The average Bonchev–Trinajstić information content (AvgIpc) is 2.65. The summed E-state index contributed by atoms with van der Waals surface area (Å²) in [4.78, 5) is 0. The minimum absolute atomic E-state index is 0.00933. The lowest BCUT2D eigenvalue weighted by Crippen LogP contribution is -2.29. The van der Waals surface area contributed by atoms with Gasteiger partial charge in [-0.1, -0.05) is 6.58 Å². The van der Waals surface area contributed by atoms with Crippen LogP contribution in [0.4, 0.5) is 0 Å². The molecule has 0 aliphatic heterocycles. The zero-order valence-electron chi connectivity index (χ0n) is 17.9. The molecule has 0 aromatic rings. The van der Waals surface area contributed by atoms with Crippen LogP contribution in [0.1, 0.15) is 41.5 Å². The average molecular weight is 393 g/mol. The molecule has 1 N–H and O–H groups in total. The molecule has 0 aliphatic rings. The lowest BCUT2D eigenvalue weighted by Gasteiger charge is -2.22. The van der Waals surface area contributed by atoms with Gasteiger partial charge < -0.3 is 33.5 Å². The predicted molar refractivity (Wildman–Crippen MR) is 105 cm³/mol. The van der Waals surface area contributed by atoms with Crippen molar-refractivity contribution in [3.63, 3.8) is 0 Å². The van der Waals surface area contributed by atoms with Crippen molar-refractivity contribution in [3.05, 3.63) is 12.8 Å². The van der Waals surface area contributed by atoms with Crippen LogP contribution >= 0.6 is 0 Å². The topological polar surface area (TPSA) is 75.6 Å². The quantitative estimate of drug-likeness (QED) is 0.359. The molecule has 0 saturated carbocycles. The van der Waals surface area contributed by atoms with Crippen LogP contribution in [-0.4, -0.2) is 81.4 Å². The summed E-state index contributed by atoms with van der Waals surface area (Å²) in [5.41, 5.74) is 0. The molecular weight excluding hydrogens is 352 g/mol. The van der Waals surface area contributed by atoms with Gasteiger partial charge in [-0.15, -0.1) is 0 Å². The van der Waals surface area contributed by atoms with E-state index in [1.54, 1.807) is 0 Å². The molecule has 0 saturated heterocycles. The standard InChI is InChI=1S/C20H40O7/c1-8-22-16(3)10-24-18(5)12-26-20(7)14-27-19(6)13-25-17(4)11-23-15(2)9-21/h8,15-21H,1,9-14H2,2-7H3. The Morgan fingerprint density at radius 3 is 1.19 bits per heavy atom. The number of aliphatic hydroxyl groups excluding tert-OH is 1. The molecule has 0 aromatic heterocycles. The van der Waals surface area contributed by atoms with Crippen molar-refractivity contribution in [1.82, 2.24) is 0 Å². The summed E-state index contributed by atoms with van der Waals surface area (Å²) in [6, 6.07) is 0. The van der Waals surface area contributed by atoms with Crippen LogP contribution in [0.3, 0.4) is 0 Å². The maximum absolute atomic E-state index is 8.93. The summed E-state index contributed by atoms with van der Waals surface area (Å²) in [5.74, 6) is 0. The van der Waals surface area contributed by atoms with Crippen LogP contribution in [0.5, 0.6) is 0 Å². The van der Waals surface area contributed by atoms with Gasteiger partial charge in [0.25, 0.3) is 0 Å². The van der Waals surface area contributed by atoms with E-state index in [0.29, 0.717) is 33.0 Å². The minimum atomic E-state index is -0.174. The third kappa shape index (κ3) is 16.0. The molecule has 6 unspecified atom stereocenters. The van der Waals surface area contributed by atoms with Gasteiger partial charge >= 0.3 is 0 Å². The van der Waals surface area contributed by atoms with Gasteiger partial charge in [0.1, 0.15) is 6.10 Å². The molecular formula is C20H40O7. The maximum atomic E-state index is 8.93. The molecule has 0 heterocycles. The van der Waals surface area contributed by atoms with E-state index in [1.807, 2.05) is 41.5 Å². The SMILES string of the molecule is C=COC(C)COC(C)COC(C)COC(C)COC(C)COC(C)CO. The van der Waals surface area contributed by atoms with E-state index in [4.69, 9.17) is 33.5 Å². The molecule has 0 fully saturated rings. The van der Waals surface area contributed by atoms with E-state index in [9.17, 15) is 0 Å². The highest BCUT2D eigenvalue weighted by atomic mass is 16.6. The first kappa shape index (κ1) is 26.3. The van der Waals surface area contributed by atoms with Gasteiger partial charge in [0.05, 0.1) is 76.4 Å². The number of hydrogen-bond donors (Lipinski definition) is 1. The first-order valence-corrected chi connectivity index (χ1v) is 9.73. The zero-order chi connectivity index (χ0) is 20.7. The highest BCUT2D eigenvalue weighted by Gasteiger charge is 2.13. The number of aliphatic hydroxyl groups is 1. The van der Waals surface area contributed by atoms with Crippen LogP contribution in [0.15, 0.2) is 12.8 Å². The van der Waals surface area contributed by atoms with Gasteiger partial charge in [0.2, 0.25) is 0 Å². The van der Waals surface area contributed by atoms with E-state index < -0.39 is 0 Å². The number of hydrogen-bond acceptors (Lipinski definition) is 7. The molecule has 7 heteroatoms. The Labute approximate surface area is 164 Å². The van der Waals surface area contributed by atoms with Gasteiger partial charge in [-0.05, 0) is 41.5 Å². The second kappa shape index (κ2) is 16.3. The van der Waals surface area contributed by atoms with E-state index in [0.717, 1.165) is 0 Å². The normalized spacial score (nSPS) is 18.3. The predicted octanol–water partition coefficient (Wildman–Crippen LogP) is 2.55. The minimum Gasteiger partial charge on any atom is -0.497 e. The summed E-state index contributed by atoms with van der Waals surface area (Å²) in [5, 5.41) is 8.93. The van der Waals surface area contributed by atoms with Gasteiger partial charge in [0.15, 0.2) is 0 Å². The summed E-state index contributed by atoms with van der Waals surface area (Å²) in [6.45, 7) is 17.5. The smallest absolute Gasteiger partial charge is 0.118 e. The second-order valence-electron chi connectivity index (χ2n) is 7.02. The monoisotopic (exact) mass is 392 g/mol. The first-order valence-electron chi connectivity index (χ1n) is 9.73. The van der Waals surface area contributed by atoms with Crippen LogP contribution in [0.2, 0.25) is 0 Å². The fourth-order valence-electron chi connectivity index (χ4n) is 1.95. The highest BCUT2D eigenvalue weighted by molar-refractivity contribution is 4.59. The molecule has 7 nitrogen and oxygen atoms in total. The van der Waals surface area contributed by atoms with E-state index in [2.05, 4.69) is 6.58 Å². The highest BCUT2D eigenvalue weighted by Crippen LogP contribution is 2.04. The molecule has 0 spiro atoms. The fraction of sp³-hybridized carbons (Fsp3) is 0.900. The van der Waals surface area contributed by atoms with Crippen molar-refractivity contribution in [3.8, 4) is 0 Å². The molecule has 0 aliphatic carbocycles. The molecule has 0 bridgehead atoms. The van der Waals surface area contributed by atoms with Crippen LogP contribution in [0.25, 0.3) is 0 Å². The summed E-state index contributed by atoms with van der Waals surface area (Å²) < 4.78 is 33.5. The number of ether oxygens (including phenoxy) is 6. The molecule has 6 atom stereocenters. The summed E-state index contributed by atoms with van der Waals surface area (Å²) in [7, 11) is 0. The van der Waals surface area contributed by atoms with Crippen molar-refractivity contribution in [1.29, 1.82) is 0 Å². The third-order valence-corrected chi connectivity index (χ3v) is 3.66. The summed E-state index contributed by atoms with van der Waals surface area (Å²) >= 11 is 0. The van der Waals surface area contributed by atoms with Crippen molar-refractivity contribution in [2.45, 2.75) is 78.2 Å². The molecule has 0 amide bonds. The van der Waals surface area contributed by atoms with Crippen molar-refractivity contribution < 1.29 is 33.5 Å². The van der Waals surface area contributed by atoms with E-state index >= 15 is 0 Å². The third-order valence-electron chi connectivity index (χ3n) is 3.66. The Kier molecular flexibility index (Phi) is 15.9. The van der Waals surface area contributed by atoms with E-state index in [1.165, 1.54) is 6.26 Å². The molecule has 0 radical (unpaired) electrons. The second-order valence-corrected chi connectivity index (χ2v) is 7.02. The van der Waals surface area contributed by atoms with Crippen LogP contribution < -0.4 is 0 Å². The largest absolute Gasteiger partial charge is 0.497 e. The number of rotatable bonds is 18. The van der Waals surface area contributed by atoms with Gasteiger partial charge in [-0.3, -0.25) is 0 Å². The molecule has 162 valence electrons. The van der Waals surface area contributed by atoms with Gasteiger partial charge in [-0.2, -0.15) is 0 Å². The fourth-order valence-corrected chi connectivity index (χ4v) is 1.95. The van der Waals surface area contributed by atoms with Crippen molar-refractivity contribution in [2.24, 2.45) is 0 Å². The molecule has 0 rings (SSSR count). The Hall–Kier alpha value is -0.700. The van der Waals surface area contributed by atoms with Gasteiger partial charge in [0, 0.05) is 0 Å². The Morgan fingerprint density at radius 1 is 0.593 bits per heavy atom. The Bertz CT molecular complexity index is 353. The molecule has 0 aromatic carbocycles. The molecule has 27 heavy (non-hydrogen) atoms. The van der Waals surface area contributed by atoms with Crippen LogP contribution in [-0.2, 0) is 28.4 Å². The zero-order valence-corrected chi connectivity index (χ0v) is 17.9. The Balaban J connectivity index is 3.75. The van der Waals surface area contributed by atoms with Crippen LogP contribution in [0, 0.1) is 0 Å². The summed E-state index contributed by atoms with van der Waals surface area (Å²) in [6.07, 6.45) is 1.07. The van der Waals surface area contributed by atoms with Crippen molar-refractivity contribution >= 4 is 0 Å². The van der Waals surface area contributed by atoms with Gasteiger partial charge in [-0.25, -0.2) is 0 Å². The van der Waals surface area contributed by atoms with Crippen molar-refractivity contribution in [2.75, 3.05) is 39.6 Å². The lowest BCUT2D eigenvalue weighted by molar-refractivity contribution is -0.101. The first-order chi connectivity index (χ1) is 12.8. The lowest BCUT2D eigenvalue weighted by atomic mass is 10.3.